The van der Waals surface area contributed by atoms with Gasteiger partial charge >= 0.3 is 0 Å². The number of unbranched alkanes of at least 4 members (excludes halogenated alkanes) is 1. The number of rotatable bonds is 8. The van der Waals surface area contributed by atoms with E-state index in [-0.39, 0.29) is 0 Å². The number of halogens is 1. The molecule has 0 spiro atoms. The second-order valence-corrected chi connectivity index (χ2v) is 5.60. The third kappa shape index (κ3) is 6.75. The van der Waals surface area contributed by atoms with Crippen LogP contribution in [0.1, 0.15) is 65.7 Å². The predicted molar refractivity (Wildman–Crippen MR) is 70.6 cm³/mol. The van der Waals surface area contributed by atoms with E-state index in [9.17, 15) is 0 Å². The van der Waals surface area contributed by atoms with E-state index in [1.807, 2.05) is 0 Å². The van der Waals surface area contributed by atoms with Gasteiger partial charge in [0.1, 0.15) is 0 Å². The Bertz CT molecular complexity index is 101. The molecule has 0 aliphatic carbocycles. The van der Waals surface area contributed by atoms with Crippen LogP contribution in [0.15, 0.2) is 0 Å². The monoisotopic (exact) mass is 296 g/mol. The van der Waals surface area contributed by atoms with E-state index in [0.717, 1.165) is 9.84 Å². The molecular weight excluding hydrogens is 271 g/mol. The Morgan fingerprint density at radius 3 is 1.92 bits per heavy atom. The minimum Gasteiger partial charge on any atom is -0.0823 e. The molecule has 0 bridgehead atoms. The molecule has 80 valence electrons. The Hall–Kier alpha value is 0.730. The Morgan fingerprint density at radius 2 is 1.46 bits per heavy atom. The third-order valence-electron chi connectivity index (χ3n) is 2.66. The van der Waals surface area contributed by atoms with Crippen molar-refractivity contribution in [1.29, 1.82) is 0 Å². The first-order valence-corrected chi connectivity index (χ1v) is 7.14. The molecule has 0 fully saturated rings. The Balaban J connectivity index is 3.75. The standard InChI is InChI=1S/C12H25I/c1-4-7-10-11(8-5-2)12(13)9-6-3/h11-12H,4-10H2,1-3H3. The van der Waals surface area contributed by atoms with Gasteiger partial charge < -0.3 is 0 Å². The lowest BCUT2D eigenvalue weighted by molar-refractivity contribution is 0.411. The maximum absolute atomic E-state index is 2.67. The van der Waals surface area contributed by atoms with Crippen LogP contribution >= 0.6 is 22.6 Å². The molecule has 0 aliphatic rings. The molecule has 13 heavy (non-hydrogen) atoms. The molecule has 2 unspecified atom stereocenters. The van der Waals surface area contributed by atoms with Gasteiger partial charge in [0.15, 0.2) is 0 Å². The number of hydrogen-bond acceptors (Lipinski definition) is 0. The van der Waals surface area contributed by atoms with Gasteiger partial charge in [-0.15, -0.1) is 0 Å². The van der Waals surface area contributed by atoms with E-state index >= 15 is 0 Å². The molecular formula is C12H25I. The van der Waals surface area contributed by atoms with Gasteiger partial charge in [0.05, 0.1) is 0 Å². The summed E-state index contributed by atoms with van der Waals surface area (Å²) in [4.78, 5) is 0. The molecule has 0 N–H and O–H groups in total. The predicted octanol–water partition coefficient (Wildman–Crippen LogP) is 5.20. The molecule has 0 nitrogen and oxygen atoms in total. The zero-order valence-corrected chi connectivity index (χ0v) is 11.6. The van der Waals surface area contributed by atoms with Gasteiger partial charge in [-0.25, -0.2) is 0 Å². The van der Waals surface area contributed by atoms with Crippen LogP contribution in [0.4, 0.5) is 0 Å². The molecule has 0 radical (unpaired) electrons. The third-order valence-corrected chi connectivity index (χ3v) is 4.30. The van der Waals surface area contributed by atoms with Crippen LogP contribution in [-0.4, -0.2) is 3.92 Å². The van der Waals surface area contributed by atoms with Gasteiger partial charge in [-0.2, -0.15) is 0 Å². The molecule has 0 saturated carbocycles. The summed E-state index contributed by atoms with van der Waals surface area (Å²) in [5.74, 6) is 0.991. The van der Waals surface area contributed by atoms with E-state index in [1.165, 1.54) is 44.9 Å². The second kappa shape index (κ2) is 9.29. The van der Waals surface area contributed by atoms with Crippen molar-refractivity contribution < 1.29 is 0 Å². The topological polar surface area (TPSA) is 0 Å². The molecule has 0 aromatic heterocycles. The molecule has 2 atom stereocenters. The normalized spacial score (nSPS) is 15.7. The molecule has 0 aliphatic heterocycles. The van der Waals surface area contributed by atoms with E-state index in [0.29, 0.717) is 0 Å². The summed E-state index contributed by atoms with van der Waals surface area (Å²) >= 11 is 2.67. The summed E-state index contributed by atoms with van der Waals surface area (Å²) in [6.07, 6.45) is 9.79. The van der Waals surface area contributed by atoms with Crippen molar-refractivity contribution in [2.45, 2.75) is 69.6 Å². The highest BCUT2D eigenvalue weighted by Crippen LogP contribution is 2.27. The average molecular weight is 296 g/mol. The maximum atomic E-state index is 2.67. The Kier molecular flexibility index (Phi) is 9.81. The summed E-state index contributed by atoms with van der Waals surface area (Å²) in [6.45, 7) is 6.91. The van der Waals surface area contributed by atoms with Crippen LogP contribution in [0, 0.1) is 5.92 Å². The first-order valence-electron chi connectivity index (χ1n) is 5.90. The molecule has 0 amide bonds. The zero-order valence-electron chi connectivity index (χ0n) is 9.48. The summed E-state index contributed by atoms with van der Waals surface area (Å²) in [5.41, 5.74) is 0. The molecule has 1 heteroatoms. The molecule has 0 aromatic carbocycles. The second-order valence-electron chi connectivity index (χ2n) is 4.00. The molecule has 0 aromatic rings. The molecule has 0 rings (SSSR count). The van der Waals surface area contributed by atoms with E-state index in [4.69, 9.17) is 0 Å². The van der Waals surface area contributed by atoms with Crippen LogP contribution in [0.25, 0.3) is 0 Å². The zero-order chi connectivity index (χ0) is 10.1. The molecule has 0 heterocycles. The van der Waals surface area contributed by atoms with Crippen molar-refractivity contribution in [2.24, 2.45) is 5.92 Å². The summed E-state index contributed by atoms with van der Waals surface area (Å²) in [7, 11) is 0. The van der Waals surface area contributed by atoms with Gasteiger partial charge in [0, 0.05) is 3.92 Å². The van der Waals surface area contributed by atoms with Crippen LogP contribution in [0.2, 0.25) is 0 Å². The van der Waals surface area contributed by atoms with Crippen molar-refractivity contribution in [3.05, 3.63) is 0 Å². The largest absolute Gasteiger partial charge is 0.0823 e. The van der Waals surface area contributed by atoms with Crippen molar-refractivity contribution in [2.75, 3.05) is 0 Å². The van der Waals surface area contributed by atoms with E-state index < -0.39 is 0 Å². The number of hydrogen-bond donors (Lipinski definition) is 0. The highest BCUT2D eigenvalue weighted by atomic mass is 127. The smallest absolute Gasteiger partial charge is 0.0138 e. The van der Waals surface area contributed by atoms with Gasteiger partial charge in [0.25, 0.3) is 0 Å². The fourth-order valence-electron chi connectivity index (χ4n) is 1.85. The average Bonchev–Trinajstić information content (AvgIpc) is 2.12. The maximum Gasteiger partial charge on any atom is 0.0138 e. The minimum atomic E-state index is 0.925. The fraction of sp³-hybridized carbons (Fsp3) is 1.00. The minimum absolute atomic E-state index is 0.925. The summed E-state index contributed by atoms with van der Waals surface area (Å²) < 4.78 is 0.925. The first kappa shape index (κ1) is 13.7. The van der Waals surface area contributed by atoms with Gasteiger partial charge in [0.2, 0.25) is 0 Å². The van der Waals surface area contributed by atoms with E-state index in [2.05, 4.69) is 43.4 Å². The van der Waals surface area contributed by atoms with Gasteiger partial charge in [-0.1, -0.05) is 69.0 Å². The SMILES string of the molecule is CCCCC(CCC)C(I)CCC. The van der Waals surface area contributed by atoms with Crippen LogP contribution in [0.3, 0.4) is 0 Å². The lowest BCUT2D eigenvalue weighted by atomic mass is 9.92. The lowest BCUT2D eigenvalue weighted by Crippen LogP contribution is -2.14. The highest BCUT2D eigenvalue weighted by molar-refractivity contribution is 14.1. The number of alkyl halides is 1. The first-order chi connectivity index (χ1) is 6.26. The molecule has 0 saturated heterocycles. The van der Waals surface area contributed by atoms with Crippen molar-refractivity contribution >= 4 is 22.6 Å². The van der Waals surface area contributed by atoms with Crippen LogP contribution in [-0.2, 0) is 0 Å². The summed E-state index contributed by atoms with van der Waals surface area (Å²) in [5, 5.41) is 0. The van der Waals surface area contributed by atoms with Crippen molar-refractivity contribution in [1.82, 2.24) is 0 Å². The lowest BCUT2D eigenvalue weighted by Gasteiger charge is -2.21. The van der Waals surface area contributed by atoms with Gasteiger partial charge in [-0.3, -0.25) is 0 Å². The van der Waals surface area contributed by atoms with Crippen LogP contribution in [0.5, 0.6) is 0 Å². The Labute approximate surface area is 98.0 Å². The van der Waals surface area contributed by atoms with Crippen molar-refractivity contribution in [3.63, 3.8) is 0 Å². The quantitative estimate of drug-likeness (QED) is 0.427. The van der Waals surface area contributed by atoms with Crippen LogP contribution < -0.4 is 0 Å². The Morgan fingerprint density at radius 1 is 0.846 bits per heavy atom. The van der Waals surface area contributed by atoms with Gasteiger partial charge in [-0.05, 0) is 25.2 Å². The fourth-order valence-corrected chi connectivity index (χ4v) is 3.20. The summed E-state index contributed by atoms with van der Waals surface area (Å²) in [6, 6.07) is 0. The highest BCUT2D eigenvalue weighted by Gasteiger charge is 2.16. The van der Waals surface area contributed by atoms with Crippen molar-refractivity contribution in [3.8, 4) is 0 Å². The van der Waals surface area contributed by atoms with E-state index in [1.54, 1.807) is 0 Å².